The highest BCUT2D eigenvalue weighted by Gasteiger charge is 2.17. The second-order valence-corrected chi connectivity index (χ2v) is 3.43. The minimum atomic E-state index is -0.0237. The van der Waals surface area contributed by atoms with E-state index >= 15 is 0 Å². The Bertz CT molecular complexity index is 363. The van der Waals surface area contributed by atoms with Crippen LogP contribution in [0.15, 0.2) is 28.2 Å². The van der Waals surface area contributed by atoms with E-state index in [2.05, 4.69) is 0 Å². The van der Waals surface area contributed by atoms with Gasteiger partial charge in [0, 0.05) is 0 Å². The van der Waals surface area contributed by atoms with Crippen molar-refractivity contribution in [2.75, 3.05) is 0 Å². The van der Waals surface area contributed by atoms with Crippen molar-refractivity contribution in [2.24, 2.45) is 0 Å². The molecule has 2 rings (SSSR count). The predicted octanol–water partition coefficient (Wildman–Crippen LogP) is 3.23. The summed E-state index contributed by atoms with van der Waals surface area (Å²) in [5.74, 6) is 0.322. The number of furan rings is 1. The molecule has 1 aromatic rings. The van der Waals surface area contributed by atoms with Crippen LogP contribution in [0.5, 0.6) is 0 Å². The molecule has 13 heavy (non-hydrogen) atoms. The zero-order valence-corrected chi connectivity index (χ0v) is 7.80. The molecule has 0 atom stereocenters. The highest BCUT2D eigenvalue weighted by Crippen LogP contribution is 2.23. The van der Waals surface area contributed by atoms with Crippen LogP contribution < -0.4 is 0 Å². The van der Waals surface area contributed by atoms with Gasteiger partial charge in [0.25, 0.3) is 0 Å². The second-order valence-electron chi connectivity index (χ2n) is 3.05. The van der Waals surface area contributed by atoms with E-state index < -0.39 is 0 Å². The molecule has 68 valence electrons. The molecule has 3 heteroatoms. The highest BCUT2D eigenvalue weighted by molar-refractivity contribution is 6.29. The quantitative estimate of drug-likeness (QED) is 0.680. The minimum Gasteiger partial charge on any atom is -0.441 e. The van der Waals surface area contributed by atoms with Crippen molar-refractivity contribution >= 4 is 17.4 Å². The minimum absolute atomic E-state index is 0.0237. The first-order valence-electron chi connectivity index (χ1n) is 4.26. The summed E-state index contributed by atoms with van der Waals surface area (Å²) in [4.78, 5) is 11.6. The van der Waals surface area contributed by atoms with E-state index in [1.165, 1.54) is 0 Å². The van der Waals surface area contributed by atoms with Crippen molar-refractivity contribution in [1.29, 1.82) is 0 Å². The molecular weight excluding hydrogens is 188 g/mol. The number of rotatable bonds is 2. The summed E-state index contributed by atoms with van der Waals surface area (Å²) in [6.07, 6.45) is 4.89. The van der Waals surface area contributed by atoms with Crippen LogP contribution in [0.3, 0.4) is 0 Å². The monoisotopic (exact) mass is 196 g/mol. The number of carbonyl (C=O) groups is 1. The zero-order valence-electron chi connectivity index (χ0n) is 7.05. The highest BCUT2D eigenvalue weighted by atomic mass is 35.5. The molecule has 0 saturated carbocycles. The Labute approximate surface area is 81.2 Å². The van der Waals surface area contributed by atoms with Gasteiger partial charge in [0.1, 0.15) is 0 Å². The molecule has 0 fully saturated rings. The van der Waals surface area contributed by atoms with Gasteiger partial charge in [-0.25, -0.2) is 0 Å². The molecule has 1 aliphatic rings. The zero-order chi connectivity index (χ0) is 9.26. The standard InChI is InChI=1S/C10H9ClO2/c11-9-6-5-8(13-9)10(12)7-3-1-2-4-7/h3,5-6H,1-2,4H2. The number of allylic oxidation sites excluding steroid dienone is 2. The first-order valence-corrected chi connectivity index (χ1v) is 4.64. The molecule has 0 unspecified atom stereocenters. The molecule has 0 saturated heterocycles. The summed E-state index contributed by atoms with van der Waals surface area (Å²) >= 11 is 5.57. The molecule has 0 radical (unpaired) electrons. The molecule has 2 nitrogen and oxygen atoms in total. The fourth-order valence-electron chi connectivity index (χ4n) is 1.47. The second kappa shape index (κ2) is 3.38. The summed E-state index contributed by atoms with van der Waals surface area (Å²) in [7, 11) is 0. The van der Waals surface area contributed by atoms with Gasteiger partial charge in [-0.2, -0.15) is 0 Å². The average Bonchev–Trinajstić information content (AvgIpc) is 2.72. The summed E-state index contributed by atoms with van der Waals surface area (Å²) in [5, 5.41) is 0.266. The van der Waals surface area contributed by atoms with Crippen LogP contribution in [0.1, 0.15) is 29.8 Å². The molecule has 0 bridgehead atoms. The van der Waals surface area contributed by atoms with Crippen molar-refractivity contribution in [1.82, 2.24) is 0 Å². The lowest BCUT2D eigenvalue weighted by Crippen LogP contribution is -1.99. The predicted molar refractivity (Wildman–Crippen MR) is 50.0 cm³/mol. The van der Waals surface area contributed by atoms with Crippen LogP contribution in [0, 0.1) is 0 Å². The van der Waals surface area contributed by atoms with Gasteiger partial charge in [-0.05, 0) is 48.6 Å². The van der Waals surface area contributed by atoms with E-state index in [9.17, 15) is 4.79 Å². The molecule has 0 aliphatic heterocycles. The third-order valence-electron chi connectivity index (χ3n) is 2.13. The van der Waals surface area contributed by atoms with Crippen LogP contribution in [0.25, 0.3) is 0 Å². The van der Waals surface area contributed by atoms with Gasteiger partial charge >= 0.3 is 0 Å². The first kappa shape index (κ1) is 8.57. The Morgan fingerprint density at radius 3 is 2.85 bits per heavy atom. The smallest absolute Gasteiger partial charge is 0.223 e. The van der Waals surface area contributed by atoms with Gasteiger partial charge in [0.05, 0.1) is 0 Å². The first-order chi connectivity index (χ1) is 6.27. The SMILES string of the molecule is O=C(C1=CCCC1)c1ccc(Cl)o1. The number of carbonyl (C=O) groups excluding carboxylic acids is 1. The third kappa shape index (κ3) is 1.68. The fraction of sp³-hybridized carbons (Fsp3) is 0.300. The van der Waals surface area contributed by atoms with Crippen LogP contribution >= 0.6 is 11.6 Å². The van der Waals surface area contributed by atoms with Gasteiger partial charge in [-0.15, -0.1) is 0 Å². The molecule has 1 heterocycles. The number of halogens is 1. The molecule has 0 N–H and O–H groups in total. The average molecular weight is 197 g/mol. The number of hydrogen-bond donors (Lipinski definition) is 0. The van der Waals surface area contributed by atoms with E-state index in [1.807, 2.05) is 6.08 Å². The lowest BCUT2D eigenvalue weighted by Gasteiger charge is -1.95. The van der Waals surface area contributed by atoms with Crippen molar-refractivity contribution in [3.05, 3.63) is 34.8 Å². The molecule has 0 amide bonds. The van der Waals surface area contributed by atoms with Gasteiger partial charge in [-0.1, -0.05) is 6.08 Å². The van der Waals surface area contributed by atoms with Crippen LogP contribution in [-0.4, -0.2) is 5.78 Å². The maximum atomic E-state index is 11.6. The Balaban J connectivity index is 2.22. The van der Waals surface area contributed by atoms with Crippen molar-refractivity contribution in [3.63, 3.8) is 0 Å². The summed E-state index contributed by atoms with van der Waals surface area (Å²) in [6, 6.07) is 3.20. The molecular formula is C10H9ClO2. The third-order valence-corrected chi connectivity index (χ3v) is 2.33. The largest absolute Gasteiger partial charge is 0.441 e. The Morgan fingerprint density at radius 1 is 1.46 bits per heavy atom. The van der Waals surface area contributed by atoms with Crippen LogP contribution in [-0.2, 0) is 0 Å². The van der Waals surface area contributed by atoms with E-state index in [4.69, 9.17) is 16.0 Å². The summed E-state index contributed by atoms with van der Waals surface area (Å²) < 4.78 is 5.03. The fourth-order valence-corrected chi connectivity index (χ4v) is 1.62. The van der Waals surface area contributed by atoms with E-state index in [1.54, 1.807) is 12.1 Å². The Morgan fingerprint density at radius 2 is 2.31 bits per heavy atom. The van der Waals surface area contributed by atoms with Gasteiger partial charge in [0.15, 0.2) is 11.0 Å². The van der Waals surface area contributed by atoms with E-state index in [0.717, 1.165) is 24.8 Å². The summed E-state index contributed by atoms with van der Waals surface area (Å²) in [5.41, 5.74) is 0.853. The maximum Gasteiger partial charge on any atom is 0.223 e. The Hall–Kier alpha value is -1.02. The van der Waals surface area contributed by atoms with E-state index in [-0.39, 0.29) is 11.0 Å². The maximum absolute atomic E-state index is 11.6. The van der Waals surface area contributed by atoms with Gasteiger partial charge < -0.3 is 4.42 Å². The van der Waals surface area contributed by atoms with Gasteiger partial charge in [0.2, 0.25) is 5.78 Å². The normalized spacial score (nSPS) is 15.9. The number of hydrogen-bond acceptors (Lipinski definition) is 2. The summed E-state index contributed by atoms with van der Waals surface area (Å²) in [6.45, 7) is 0. The topological polar surface area (TPSA) is 30.2 Å². The van der Waals surface area contributed by atoms with Crippen molar-refractivity contribution in [2.45, 2.75) is 19.3 Å². The molecule has 0 spiro atoms. The van der Waals surface area contributed by atoms with E-state index in [0.29, 0.717) is 5.76 Å². The number of ketones is 1. The lowest BCUT2D eigenvalue weighted by atomic mass is 10.1. The molecule has 0 aromatic carbocycles. The lowest BCUT2D eigenvalue weighted by molar-refractivity contribution is 0.100. The van der Waals surface area contributed by atoms with Crippen LogP contribution in [0.4, 0.5) is 0 Å². The number of Topliss-reactive ketones (excluding diaryl/α,β-unsaturated/α-hetero) is 1. The Kier molecular flexibility index (Phi) is 2.23. The van der Waals surface area contributed by atoms with Crippen molar-refractivity contribution in [3.8, 4) is 0 Å². The molecule has 1 aromatic heterocycles. The van der Waals surface area contributed by atoms with Crippen molar-refractivity contribution < 1.29 is 9.21 Å². The van der Waals surface area contributed by atoms with Crippen LogP contribution in [0.2, 0.25) is 5.22 Å². The van der Waals surface area contributed by atoms with Gasteiger partial charge in [-0.3, -0.25) is 4.79 Å². The molecule has 1 aliphatic carbocycles.